The number of carbonyl (C=O) groups excluding carboxylic acids is 1. The summed E-state index contributed by atoms with van der Waals surface area (Å²) in [7, 11) is 0. The molecule has 1 heterocycles. The van der Waals surface area contributed by atoms with Gasteiger partial charge in [0.25, 0.3) is 5.91 Å². The molecule has 0 aliphatic carbocycles. The van der Waals surface area contributed by atoms with Gasteiger partial charge in [-0.05, 0) is 85.6 Å². The fourth-order valence-corrected chi connectivity index (χ4v) is 3.02. The third kappa shape index (κ3) is 3.91. The lowest BCUT2D eigenvalue weighted by Gasteiger charge is -2.09. The Bertz CT molecular complexity index is 1160. The second-order valence-corrected chi connectivity index (χ2v) is 6.84. The molecule has 0 radical (unpaired) electrons. The molecule has 29 heavy (non-hydrogen) atoms. The van der Waals surface area contributed by atoms with Crippen molar-refractivity contribution < 1.29 is 9.18 Å². The lowest BCUT2D eigenvalue weighted by atomic mass is 10.1. The summed E-state index contributed by atoms with van der Waals surface area (Å²) < 4.78 is 14.8. The van der Waals surface area contributed by atoms with Gasteiger partial charge in [-0.2, -0.15) is 0 Å². The Balaban J connectivity index is 1.55. The summed E-state index contributed by atoms with van der Waals surface area (Å²) in [6, 6.07) is 19.0. The fourth-order valence-electron chi connectivity index (χ4n) is 3.02. The molecule has 0 saturated carbocycles. The monoisotopic (exact) mass is 386 g/mol. The van der Waals surface area contributed by atoms with Crippen LogP contribution in [0.15, 0.2) is 72.9 Å². The molecule has 3 aromatic carbocycles. The second-order valence-electron chi connectivity index (χ2n) is 6.84. The predicted octanol–water partition coefficient (Wildman–Crippen LogP) is 4.94. The lowest BCUT2D eigenvalue weighted by molar-refractivity contribution is 0.102. The van der Waals surface area contributed by atoms with Crippen LogP contribution in [0.4, 0.5) is 10.1 Å². The highest BCUT2D eigenvalue weighted by Crippen LogP contribution is 2.22. The highest BCUT2D eigenvalue weighted by molar-refractivity contribution is 6.04. The molecule has 4 rings (SSSR count). The molecule has 6 heteroatoms. The van der Waals surface area contributed by atoms with Crippen LogP contribution >= 0.6 is 0 Å². The van der Waals surface area contributed by atoms with Gasteiger partial charge in [-0.3, -0.25) is 4.79 Å². The van der Waals surface area contributed by atoms with Crippen molar-refractivity contribution in [3.8, 4) is 16.9 Å². The number of halogens is 1. The van der Waals surface area contributed by atoms with Crippen LogP contribution < -0.4 is 5.32 Å². The van der Waals surface area contributed by atoms with Gasteiger partial charge in [0, 0.05) is 16.8 Å². The van der Waals surface area contributed by atoms with E-state index in [4.69, 9.17) is 0 Å². The van der Waals surface area contributed by atoms with Crippen molar-refractivity contribution in [1.29, 1.82) is 0 Å². The summed E-state index contributed by atoms with van der Waals surface area (Å²) >= 11 is 0. The fraction of sp³-hybridized carbons (Fsp3) is 0.0870. The summed E-state index contributed by atoms with van der Waals surface area (Å²) in [4.78, 5) is 12.5. The third-order valence-electron chi connectivity index (χ3n) is 4.83. The summed E-state index contributed by atoms with van der Waals surface area (Å²) in [5.41, 5.74) is 5.89. The Hall–Kier alpha value is -3.80. The van der Waals surface area contributed by atoms with Gasteiger partial charge in [0.1, 0.15) is 5.82 Å². The van der Waals surface area contributed by atoms with Crippen LogP contribution in [0.2, 0.25) is 0 Å². The largest absolute Gasteiger partial charge is 0.322 e. The maximum Gasteiger partial charge on any atom is 0.255 e. The number of rotatable bonds is 4. The third-order valence-corrected chi connectivity index (χ3v) is 4.83. The van der Waals surface area contributed by atoms with E-state index in [1.807, 2.05) is 32.0 Å². The summed E-state index contributed by atoms with van der Waals surface area (Å²) in [6.07, 6.45) is 1.62. The van der Waals surface area contributed by atoms with Crippen molar-refractivity contribution in [2.75, 3.05) is 5.32 Å². The molecule has 0 unspecified atom stereocenters. The number of benzene rings is 3. The number of aromatic nitrogens is 3. The number of aryl methyl sites for hydroxylation is 2. The summed E-state index contributed by atoms with van der Waals surface area (Å²) in [5.74, 6) is -0.482. The molecule has 0 bridgehead atoms. The molecule has 1 amide bonds. The molecule has 0 spiro atoms. The van der Waals surface area contributed by atoms with E-state index >= 15 is 0 Å². The standard InChI is InChI=1S/C23H19FN4O/c1-15-3-10-20(13-16(15)2)26-23(29)18-6-11-21(12-7-18)28-22(14-25-27-28)17-4-8-19(24)9-5-17/h3-14H,1-2H3,(H,26,29). The number of nitrogens with zero attached hydrogens (tertiary/aromatic N) is 3. The summed E-state index contributed by atoms with van der Waals surface area (Å²) in [5, 5.41) is 11.0. The van der Waals surface area contributed by atoms with E-state index in [0.717, 1.165) is 28.2 Å². The van der Waals surface area contributed by atoms with Gasteiger partial charge in [0.15, 0.2) is 0 Å². The minimum atomic E-state index is -0.299. The van der Waals surface area contributed by atoms with Crippen molar-refractivity contribution in [2.45, 2.75) is 13.8 Å². The average Bonchev–Trinajstić information content (AvgIpc) is 3.21. The Labute approximate surface area is 167 Å². The van der Waals surface area contributed by atoms with Gasteiger partial charge in [-0.15, -0.1) is 5.10 Å². The smallest absolute Gasteiger partial charge is 0.255 e. The molecule has 5 nitrogen and oxygen atoms in total. The van der Waals surface area contributed by atoms with Crippen LogP contribution in [-0.2, 0) is 0 Å². The van der Waals surface area contributed by atoms with E-state index < -0.39 is 0 Å². The normalized spacial score (nSPS) is 10.7. The first-order chi connectivity index (χ1) is 14.0. The number of hydrogen-bond acceptors (Lipinski definition) is 3. The zero-order chi connectivity index (χ0) is 20.4. The number of carbonyl (C=O) groups is 1. The number of hydrogen-bond donors (Lipinski definition) is 1. The Morgan fingerprint density at radius 1 is 0.931 bits per heavy atom. The molecule has 0 saturated heterocycles. The number of anilines is 1. The van der Waals surface area contributed by atoms with Crippen LogP contribution in [-0.4, -0.2) is 20.9 Å². The SMILES string of the molecule is Cc1ccc(NC(=O)c2ccc(-n3nncc3-c3ccc(F)cc3)cc2)cc1C. The average molecular weight is 386 g/mol. The van der Waals surface area contributed by atoms with E-state index in [-0.39, 0.29) is 11.7 Å². The molecular formula is C23H19FN4O. The van der Waals surface area contributed by atoms with E-state index in [2.05, 4.69) is 15.6 Å². The molecule has 0 fully saturated rings. The summed E-state index contributed by atoms with van der Waals surface area (Å²) in [6.45, 7) is 4.04. The number of nitrogens with one attached hydrogen (secondary N) is 1. The van der Waals surface area contributed by atoms with Gasteiger partial charge >= 0.3 is 0 Å². The molecular weight excluding hydrogens is 367 g/mol. The first kappa shape index (κ1) is 18.6. The lowest BCUT2D eigenvalue weighted by Crippen LogP contribution is -2.12. The molecule has 1 N–H and O–H groups in total. The van der Waals surface area contributed by atoms with Crippen molar-refractivity contribution >= 4 is 11.6 Å². The quantitative estimate of drug-likeness (QED) is 0.540. The van der Waals surface area contributed by atoms with Crippen LogP contribution in [0.1, 0.15) is 21.5 Å². The Morgan fingerprint density at radius 2 is 1.66 bits per heavy atom. The van der Waals surface area contributed by atoms with Crippen molar-refractivity contribution in [3.05, 3.63) is 95.4 Å². The molecule has 4 aromatic rings. The molecule has 144 valence electrons. The topological polar surface area (TPSA) is 59.8 Å². The Morgan fingerprint density at radius 3 is 2.34 bits per heavy atom. The van der Waals surface area contributed by atoms with E-state index in [9.17, 15) is 9.18 Å². The Kier molecular flexibility index (Phi) is 4.91. The zero-order valence-electron chi connectivity index (χ0n) is 16.1. The number of amides is 1. The van der Waals surface area contributed by atoms with E-state index in [1.54, 1.807) is 47.3 Å². The molecule has 0 atom stereocenters. The first-order valence-electron chi connectivity index (χ1n) is 9.17. The van der Waals surface area contributed by atoms with E-state index in [1.165, 1.54) is 17.7 Å². The van der Waals surface area contributed by atoms with Crippen LogP contribution in [0.25, 0.3) is 16.9 Å². The molecule has 0 aliphatic heterocycles. The van der Waals surface area contributed by atoms with Crippen LogP contribution in [0, 0.1) is 19.7 Å². The highest BCUT2D eigenvalue weighted by Gasteiger charge is 2.11. The minimum Gasteiger partial charge on any atom is -0.322 e. The minimum absolute atomic E-state index is 0.183. The van der Waals surface area contributed by atoms with Gasteiger partial charge in [0.05, 0.1) is 17.6 Å². The van der Waals surface area contributed by atoms with Crippen molar-refractivity contribution in [2.24, 2.45) is 0 Å². The molecule has 1 aromatic heterocycles. The van der Waals surface area contributed by atoms with Crippen molar-refractivity contribution in [3.63, 3.8) is 0 Å². The van der Waals surface area contributed by atoms with E-state index in [0.29, 0.717) is 5.56 Å². The zero-order valence-corrected chi connectivity index (χ0v) is 16.1. The maximum absolute atomic E-state index is 13.2. The van der Waals surface area contributed by atoms with Gasteiger partial charge in [-0.25, -0.2) is 9.07 Å². The van der Waals surface area contributed by atoms with Gasteiger partial charge < -0.3 is 5.32 Å². The highest BCUT2D eigenvalue weighted by atomic mass is 19.1. The van der Waals surface area contributed by atoms with Gasteiger partial charge in [0.2, 0.25) is 0 Å². The van der Waals surface area contributed by atoms with Crippen molar-refractivity contribution in [1.82, 2.24) is 15.0 Å². The molecule has 0 aliphatic rings. The first-order valence-corrected chi connectivity index (χ1v) is 9.17. The van der Waals surface area contributed by atoms with Gasteiger partial charge in [-0.1, -0.05) is 11.3 Å². The van der Waals surface area contributed by atoms with Crippen LogP contribution in [0.3, 0.4) is 0 Å². The van der Waals surface area contributed by atoms with Crippen LogP contribution in [0.5, 0.6) is 0 Å². The maximum atomic E-state index is 13.2. The predicted molar refractivity (Wildman–Crippen MR) is 111 cm³/mol. The second kappa shape index (κ2) is 7.67.